The summed E-state index contributed by atoms with van der Waals surface area (Å²) in [6.45, 7) is 5.48. The second-order valence-electron chi connectivity index (χ2n) is 6.12. The van der Waals surface area contributed by atoms with E-state index in [1.54, 1.807) is 12.1 Å². The van der Waals surface area contributed by atoms with Gasteiger partial charge in [-0.25, -0.2) is 4.90 Å². The fraction of sp³-hybridized carbons (Fsp3) is 0.412. The van der Waals surface area contributed by atoms with E-state index in [4.69, 9.17) is 5.11 Å². The maximum absolute atomic E-state index is 12.4. The molecule has 0 radical (unpaired) electrons. The molecule has 1 aromatic rings. The third-order valence-electron chi connectivity index (χ3n) is 3.45. The number of nitrogens with zero attached hydrogens (tertiary/aromatic N) is 1. The topological polar surface area (TPSA) is 57.6 Å². The molecule has 1 N–H and O–H groups in total. The first-order valence-corrected chi connectivity index (χ1v) is 6.90. The molecular weight excluding hydrogens is 266 g/mol. The molecule has 1 saturated heterocycles. The molecule has 0 aromatic heterocycles. The van der Waals surface area contributed by atoms with Gasteiger partial charge in [-0.3, -0.25) is 9.59 Å². The number of piperidine rings is 1. The van der Waals surface area contributed by atoms with Crippen molar-refractivity contribution in [3.05, 3.63) is 29.3 Å². The monoisotopic (exact) mass is 285 g/mol. The molecule has 1 aromatic carbocycles. The first-order valence-electron chi connectivity index (χ1n) is 6.90. The number of carbonyl (C=O) groups is 2. The van der Waals surface area contributed by atoms with Gasteiger partial charge >= 0.3 is 0 Å². The molecule has 0 aliphatic carbocycles. The number of aliphatic hydroxyl groups excluding tert-OH is 1. The predicted octanol–water partition coefficient (Wildman–Crippen LogP) is 2.02. The van der Waals surface area contributed by atoms with Crippen molar-refractivity contribution in [2.24, 2.45) is 5.41 Å². The molecule has 0 spiro atoms. The number of aliphatic hydroxyl groups is 1. The van der Waals surface area contributed by atoms with Gasteiger partial charge in [0.2, 0.25) is 11.8 Å². The van der Waals surface area contributed by atoms with Crippen molar-refractivity contribution in [2.75, 3.05) is 11.5 Å². The number of hydrogen-bond donors (Lipinski definition) is 1. The van der Waals surface area contributed by atoms with E-state index in [1.165, 1.54) is 4.90 Å². The van der Waals surface area contributed by atoms with Gasteiger partial charge in [0.25, 0.3) is 0 Å². The van der Waals surface area contributed by atoms with Gasteiger partial charge in [-0.05, 0) is 30.0 Å². The molecule has 1 fully saturated rings. The number of imide groups is 1. The molecule has 1 aliphatic heterocycles. The van der Waals surface area contributed by atoms with Crippen LogP contribution >= 0.6 is 0 Å². The van der Waals surface area contributed by atoms with E-state index in [-0.39, 0.29) is 23.8 Å². The van der Waals surface area contributed by atoms with Crippen molar-refractivity contribution < 1.29 is 14.7 Å². The van der Waals surface area contributed by atoms with Crippen LogP contribution in [0.25, 0.3) is 0 Å². The van der Waals surface area contributed by atoms with Crippen molar-refractivity contribution in [1.82, 2.24) is 0 Å². The van der Waals surface area contributed by atoms with Crippen molar-refractivity contribution in [1.29, 1.82) is 0 Å². The van der Waals surface area contributed by atoms with Gasteiger partial charge in [0.1, 0.15) is 6.61 Å². The van der Waals surface area contributed by atoms with Crippen LogP contribution in [0.4, 0.5) is 5.69 Å². The van der Waals surface area contributed by atoms with E-state index in [0.29, 0.717) is 24.1 Å². The predicted molar refractivity (Wildman–Crippen MR) is 80.7 cm³/mol. The zero-order valence-corrected chi connectivity index (χ0v) is 12.6. The van der Waals surface area contributed by atoms with Gasteiger partial charge in [-0.1, -0.05) is 31.8 Å². The lowest BCUT2D eigenvalue weighted by Crippen LogP contribution is -2.46. The van der Waals surface area contributed by atoms with Gasteiger partial charge in [0.05, 0.1) is 5.69 Å². The van der Waals surface area contributed by atoms with E-state index < -0.39 is 0 Å². The Kier molecular flexibility index (Phi) is 4.15. The maximum atomic E-state index is 12.4. The summed E-state index contributed by atoms with van der Waals surface area (Å²) in [4.78, 5) is 26.0. The molecule has 4 nitrogen and oxygen atoms in total. The van der Waals surface area contributed by atoms with Crippen LogP contribution in [0.3, 0.4) is 0 Å². The van der Waals surface area contributed by atoms with E-state index >= 15 is 0 Å². The number of rotatable bonds is 1. The Balaban J connectivity index is 2.48. The number of carbonyl (C=O) groups excluding carboxylic acids is 2. The smallest absolute Gasteiger partial charge is 0.234 e. The first kappa shape index (κ1) is 15.3. The molecule has 110 valence electrons. The van der Waals surface area contributed by atoms with Crippen LogP contribution in [-0.4, -0.2) is 23.5 Å². The van der Waals surface area contributed by atoms with Gasteiger partial charge < -0.3 is 5.11 Å². The van der Waals surface area contributed by atoms with E-state index in [1.807, 2.05) is 26.8 Å². The minimum Gasteiger partial charge on any atom is -0.384 e. The molecule has 2 rings (SSSR count). The fourth-order valence-electron chi connectivity index (χ4n) is 2.51. The SMILES string of the molecule is Cc1ccc(C#CCO)c(N2C(=O)CC(C)(C)CC2=O)c1. The Hall–Kier alpha value is -2.12. The van der Waals surface area contributed by atoms with Crippen LogP contribution in [0.2, 0.25) is 0 Å². The van der Waals surface area contributed by atoms with Crippen LogP contribution in [0.15, 0.2) is 18.2 Å². The molecule has 0 unspecified atom stereocenters. The summed E-state index contributed by atoms with van der Waals surface area (Å²) >= 11 is 0. The molecular formula is C17H19NO3. The standard InChI is InChI=1S/C17H19NO3/c1-12-6-7-13(5-4-8-19)14(9-12)18-15(20)10-17(2,3)11-16(18)21/h6-7,9,19H,8,10-11H2,1-3H3. The Labute approximate surface area is 124 Å². The highest BCUT2D eigenvalue weighted by Gasteiger charge is 2.38. The van der Waals surface area contributed by atoms with E-state index in [2.05, 4.69) is 11.8 Å². The zero-order chi connectivity index (χ0) is 15.6. The third-order valence-corrected chi connectivity index (χ3v) is 3.45. The van der Waals surface area contributed by atoms with Crippen LogP contribution < -0.4 is 4.90 Å². The molecule has 1 heterocycles. The van der Waals surface area contributed by atoms with Crippen molar-refractivity contribution in [3.8, 4) is 11.8 Å². The van der Waals surface area contributed by atoms with Crippen molar-refractivity contribution >= 4 is 17.5 Å². The normalized spacial score (nSPS) is 17.4. The number of amides is 2. The lowest BCUT2D eigenvalue weighted by Gasteiger charge is -2.35. The average molecular weight is 285 g/mol. The lowest BCUT2D eigenvalue weighted by molar-refractivity contribution is -0.132. The van der Waals surface area contributed by atoms with Crippen LogP contribution in [0, 0.1) is 24.2 Å². The third kappa shape index (κ3) is 3.32. The summed E-state index contributed by atoms with van der Waals surface area (Å²) in [5.41, 5.74) is 1.74. The van der Waals surface area contributed by atoms with Gasteiger partial charge in [-0.15, -0.1) is 0 Å². The van der Waals surface area contributed by atoms with Crippen LogP contribution in [-0.2, 0) is 9.59 Å². The highest BCUT2D eigenvalue weighted by atomic mass is 16.2. The zero-order valence-electron chi connectivity index (χ0n) is 12.6. The highest BCUT2D eigenvalue weighted by molar-refractivity contribution is 6.17. The summed E-state index contributed by atoms with van der Waals surface area (Å²) in [5, 5.41) is 8.83. The van der Waals surface area contributed by atoms with E-state index in [9.17, 15) is 9.59 Å². The summed E-state index contributed by atoms with van der Waals surface area (Å²) in [6, 6.07) is 5.43. The van der Waals surface area contributed by atoms with Gasteiger partial charge in [0, 0.05) is 18.4 Å². The molecule has 4 heteroatoms. The Morgan fingerprint density at radius 1 is 1.24 bits per heavy atom. The largest absolute Gasteiger partial charge is 0.384 e. The minimum atomic E-state index is -0.300. The number of benzene rings is 1. The molecule has 0 saturated carbocycles. The van der Waals surface area contributed by atoms with Crippen molar-refractivity contribution in [2.45, 2.75) is 33.6 Å². The molecule has 21 heavy (non-hydrogen) atoms. The highest BCUT2D eigenvalue weighted by Crippen LogP contribution is 2.35. The first-order chi connectivity index (χ1) is 9.84. The van der Waals surface area contributed by atoms with Crippen LogP contribution in [0.5, 0.6) is 0 Å². The Bertz CT molecular complexity index is 630. The van der Waals surface area contributed by atoms with Gasteiger partial charge in [0.15, 0.2) is 0 Å². The van der Waals surface area contributed by atoms with E-state index in [0.717, 1.165) is 5.56 Å². The van der Waals surface area contributed by atoms with Crippen LogP contribution in [0.1, 0.15) is 37.8 Å². The molecule has 0 atom stereocenters. The average Bonchev–Trinajstić information content (AvgIpc) is 2.35. The Morgan fingerprint density at radius 2 is 1.86 bits per heavy atom. The number of aryl methyl sites for hydroxylation is 1. The fourth-order valence-corrected chi connectivity index (χ4v) is 2.51. The quantitative estimate of drug-likeness (QED) is 0.634. The Morgan fingerprint density at radius 3 is 2.43 bits per heavy atom. The lowest BCUT2D eigenvalue weighted by atomic mass is 9.81. The molecule has 1 aliphatic rings. The molecule has 0 bridgehead atoms. The number of anilines is 1. The number of hydrogen-bond acceptors (Lipinski definition) is 3. The summed E-state index contributed by atoms with van der Waals surface area (Å²) in [5.74, 6) is 4.97. The second kappa shape index (κ2) is 5.71. The molecule has 2 amide bonds. The van der Waals surface area contributed by atoms with Crippen molar-refractivity contribution in [3.63, 3.8) is 0 Å². The maximum Gasteiger partial charge on any atom is 0.234 e. The summed E-state index contributed by atoms with van der Waals surface area (Å²) in [7, 11) is 0. The van der Waals surface area contributed by atoms with Gasteiger partial charge in [-0.2, -0.15) is 0 Å². The minimum absolute atomic E-state index is 0.200. The second-order valence-corrected chi connectivity index (χ2v) is 6.12. The summed E-state index contributed by atoms with van der Waals surface area (Å²) in [6.07, 6.45) is 0.666. The summed E-state index contributed by atoms with van der Waals surface area (Å²) < 4.78 is 0.